The number of allylic oxidation sites excluding steroid dienone is 1. The Balaban J connectivity index is 2.15. The molecule has 0 aliphatic rings. The molecule has 0 saturated carbocycles. The molecule has 3 heteroatoms. The van der Waals surface area contributed by atoms with Gasteiger partial charge in [0, 0.05) is 10.2 Å². The second kappa shape index (κ2) is 6.93. The van der Waals surface area contributed by atoms with Crippen molar-refractivity contribution in [3.05, 3.63) is 70.7 Å². The highest BCUT2D eigenvalue weighted by molar-refractivity contribution is 9.10. The van der Waals surface area contributed by atoms with Crippen LogP contribution in [0.5, 0.6) is 0 Å². The van der Waals surface area contributed by atoms with E-state index in [1.54, 1.807) is 0 Å². The maximum Gasteiger partial charge on any atom is 0.233 e. The van der Waals surface area contributed by atoms with Crippen molar-refractivity contribution in [1.82, 2.24) is 0 Å². The van der Waals surface area contributed by atoms with E-state index in [9.17, 15) is 4.79 Å². The molecule has 0 spiro atoms. The van der Waals surface area contributed by atoms with Crippen molar-refractivity contribution in [1.29, 1.82) is 0 Å². The first-order valence-corrected chi connectivity index (χ1v) is 8.00. The molecular weight excluding hydrogens is 338 g/mol. The van der Waals surface area contributed by atoms with Gasteiger partial charge in [0.25, 0.3) is 0 Å². The van der Waals surface area contributed by atoms with Crippen LogP contribution < -0.4 is 5.32 Å². The van der Waals surface area contributed by atoms with Gasteiger partial charge in [-0.25, -0.2) is 0 Å². The van der Waals surface area contributed by atoms with Crippen LogP contribution in [0.15, 0.2) is 65.1 Å². The molecule has 2 aromatic rings. The van der Waals surface area contributed by atoms with E-state index in [1.165, 1.54) is 0 Å². The van der Waals surface area contributed by atoms with E-state index in [4.69, 9.17) is 0 Å². The number of nitrogens with one attached hydrogen (secondary N) is 1. The SMILES string of the molecule is C/C(=C\C(C)(C)C(=O)Nc1ccc(Br)cc1)c1ccccc1. The maximum atomic E-state index is 12.5. The fourth-order valence-electron chi connectivity index (χ4n) is 2.22. The Morgan fingerprint density at radius 2 is 1.64 bits per heavy atom. The van der Waals surface area contributed by atoms with Gasteiger partial charge in [-0.2, -0.15) is 0 Å². The molecular formula is C19H20BrNO. The number of halogens is 1. The molecule has 0 saturated heterocycles. The molecule has 1 N–H and O–H groups in total. The van der Waals surface area contributed by atoms with Crippen LogP contribution >= 0.6 is 15.9 Å². The van der Waals surface area contributed by atoms with Crippen LogP contribution in [-0.2, 0) is 4.79 Å². The molecule has 0 fully saturated rings. The Labute approximate surface area is 140 Å². The van der Waals surface area contributed by atoms with E-state index in [-0.39, 0.29) is 5.91 Å². The summed E-state index contributed by atoms with van der Waals surface area (Å²) in [6, 6.07) is 17.7. The second-order valence-corrected chi connectivity index (χ2v) is 6.79. The van der Waals surface area contributed by atoms with E-state index >= 15 is 0 Å². The lowest BCUT2D eigenvalue weighted by Gasteiger charge is -2.21. The molecule has 0 aromatic heterocycles. The van der Waals surface area contributed by atoms with Gasteiger partial charge in [0.1, 0.15) is 0 Å². The minimum Gasteiger partial charge on any atom is -0.325 e. The zero-order valence-corrected chi connectivity index (χ0v) is 14.6. The summed E-state index contributed by atoms with van der Waals surface area (Å²) in [6.45, 7) is 5.88. The van der Waals surface area contributed by atoms with Gasteiger partial charge in [-0.3, -0.25) is 4.79 Å². The minimum atomic E-state index is -0.590. The van der Waals surface area contributed by atoms with Gasteiger partial charge < -0.3 is 5.32 Å². The molecule has 0 bridgehead atoms. The van der Waals surface area contributed by atoms with Crippen molar-refractivity contribution in [3.63, 3.8) is 0 Å². The highest BCUT2D eigenvalue weighted by atomic mass is 79.9. The van der Waals surface area contributed by atoms with Crippen LogP contribution in [0, 0.1) is 5.41 Å². The van der Waals surface area contributed by atoms with E-state index in [2.05, 4.69) is 33.4 Å². The molecule has 22 heavy (non-hydrogen) atoms. The van der Waals surface area contributed by atoms with Gasteiger partial charge in [-0.1, -0.05) is 52.3 Å². The lowest BCUT2D eigenvalue weighted by Crippen LogP contribution is -2.29. The zero-order valence-electron chi connectivity index (χ0n) is 13.1. The number of carbonyl (C=O) groups excluding carboxylic acids is 1. The fraction of sp³-hybridized carbons (Fsp3) is 0.211. The van der Waals surface area contributed by atoms with Crippen LogP contribution in [0.4, 0.5) is 5.69 Å². The summed E-state index contributed by atoms with van der Waals surface area (Å²) in [6.07, 6.45) is 2.01. The molecule has 1 amide bonds. The average Bonchev–Trinajstić information content (AvgIpc) is 2.50. The lowest BCUT2D eigenvalue weighted by atomic mass is 9.88. The quantitative estimate of drug-likeness (QED) is 0.766. The second-order valence-electron chi connectivity index (χ2n) is 5.88. The number of benzene rings is 2. The Kier molecular flexibility index (Phi) is 5.19. The van der Waals surface area contributed by atoms with Crippen LogP contribution in [0.2, 0.25) is 0 Å². The monoisotopic (exact) mass is 357 g/mol. The first-order valence-electron chi connectivity index (χ1n) is 7.20. The smallest absolute Gasteiger partial charge is 0.233 e. The number of amides is 1. The minimum absolute atomic E-state index is 0.0231. The number of rotatable bonds is 4. The molecule has 0 unspecified atom stereocenters. The molecule has 0 radical (unpaired) electrons. The molecule has 0 atom stereocenters. The van der Waals surface area contributed by atoms with Crippen LogP contribution in [0.25, 0.3) is 5.57 Å². The lowest BCUT2D eigenvalue weighted by molar-refractivity contribution is -0.121. The summed E-state index contributed by atoms with van der Waals surface area (Å²) in [5.41, 5.74) is 2.43. The molecule has 2 nitrogen and oxygen atoms in total. The van der Waals surface area contributed by atoms with Gasteiger partial charge in [0.15, 0.2) is 0 Å². The molecule has 0 aliphatic heterocycles. The fourth-order valence-corrected chi connectivity index (χ4v) is 2.48. The Morgan fingerprint density at radius 3 is 2.23 bits per heavy atom. The van der Waals surface area contributed by atoms with Gasteiger partial charge >= 0.3 is 0 Å². The van der Waals surface area contributed by atoms with E-state index in [0.717, 1.165) is 21.3 Å². The third-order valence-electron chi connectivity index (χ3n) is 3.49. The predicted molar refractivity (Wildman–Crippen MR) is 96.6 cm³/mol. The third-order valence-corrected chi connectivity index (χ3v) is 4.02. The molecule has 0 heterocycles. The number of anilines is 1. The van der Waals surface area contributed by atoms with Crippen molar-refractivity contribution in [2.24, 2.45) is 5.41 Å². The summed E-state index contributed by atoms with van der Waals surface area (Å²) in [7, 11) is 0. The standard InChI is InChI=1S/C19H20BrNO/c1-14(15-7-5-4-6-8-15)13-19(2,3)18(22)21-17-11-9-16(20)10-12-17/h4-13H,1-3H3,(H,21,22)/b14-13+. The molecule has 114 valence electrons. The van der Waals surface area contributed by atoms with Gasteiger partial charge in [-0.05, 0) is 56.2 Å². The van der Waals surface area contributed by atoms with Gasteiger partial charge in [0.2, 0.25) is 5.91 Å². The van der Waals surface area contributed by atoms with Crippen molar-refractivity contribution in [3.8, 4) is 0 Å². The summed E-state index contributed by atoms with van der Waals surface area (Å²) < 4.78 is 0.990. The predicted octanol–water partition coefficient (Wildman–Crippen LogP) is 5.52. The summed E-state index contributed by atoms with van der Waals surface area (Å²) >= 11 is 3.39. The summed E-state index contributed by atoms with van der Waals surface area (Å²) in [5.74, 6) is -0.0231. The van der Waals surface area contributed by atoms with Crippen molar-refractivity contribution in [2.45, 2.75) is 20.8 Å². The Morgan fingerprint density at radius 1 is 1.05 bits per heavy atom. The summed E-state index contributed by atoms with van der Waals surface area (Å²) in [4.78, 5) is 12.5. The van der Waals surface area contributed by atoms with Crippen LogP contribution in [0.3, 0.4) is 0 Å². The normalized spacial score (nSPS) is 12.1. The van der Waals surface area contributed by atoms with Crippen molar-refractivity contribution < 1.29 is 4.79 Å². The summed E-state index contributed by atoms with van der Waals surface area (Å²) in [5, 5.41) is 2.96. The molecule has 2 rings (SSSR count). The number of hydrogen-bond acceptors (Lipinski definition) is 1. The zero-order chi connectivity index (χ0) is 16.2. The van der Waals surface area contributed by atoms with Crippen molar-refractivity contribution in [2.75, 3.05) is 5.32 Å². The third kappa shape index (κ3) is 4.31. The number of carbonyl (C=O) groups is 1. The van der Waals surface area contributed by atoms with Crippen LogP contribution in [-0.4, -0.2) is 5.91 Å². The topological polar surface area (TPSA) is 29.1 Å². The van der Waals surface area contributed by atoms with Gasteiger partial charge in [-0.15, -0.1) is 0 Å². The van der Waals surface area contributed by atoms with Crippen molar-refractivity contribution >= 4 is 33.1 Å². The molecule has 2 aromatic carbocycles. The first kappa shape index (κ1) is 16.5. The maximum absolute atomic E-state index is 12.5. The van der Waals surface area contributed by atoms with E-state index < -0.39 is 5.41 Å². The number of hydrogen-bond donors (Lipinski definition) is 1. The average molecular weight is 358 g/mol. The first-order chi connectivity index (χ1) is 10.4. The Hall–Kier alpha value is -1.87. The van der Waals surface area contributed by atoms with E-state index in [1.807, 2.05) is 69.3 Å². The highest BCUT2D eigenvalue weighted by Gasteiger charge is 2.25. The van der Waals surface area contributed by atoms with E-state index in [0.29, 0.717) is 0 Å². The highest BCUT2D eigenvalue weighted by Crippen LogP contribution is 2.26. The van der Waals surface area contributed by atoms with Gasteiger partial charge in [0.05, 0.1) is 5.41 Å². The largest absolute Gasteiger partial charge is 0.325 e. The van der Waals surface area contributed by atoms with Crippen LogP contribution in [0.1, 0.15) is 26.3 Å². The Bertz CT molecular complexity index is 672. The molecule has 0 aliphatic carbocycles.